The predicted octanol–water partition coefficient (Wildman–Crippen LogP) is 2.67. The Bertz CT molecular complexity index is 402. The van der Waals surface area contributed by atoms with E-state index in [1.54, 1.807) is 0 Å². The minimum Gasteiger partial charge on any atom is -0.492 e. The summed E-state index contributed by atoms with van der Waals surface area (Å²) in [4.78, 5) is 2.51. The van der Waals surface area contributed by atoms with Crippen LogP contribution in [-0.2, 0) is 6.42 Å². The van der Waals surface area contributed by atoms with Crippen LogP contribution < -0.4 is 10.5 Å². The quantitative estimate of drug-likeness (QED) is 0.868. The molecule has 112 valence electrons. The van der Waals surface area contributed by atoms with Crippen molar-refractivity contribution < 1.29 is 4.74 Å². The molecule has 0 aliphatic carbocycles. The van der Waals surface area contributed by atoms with Gasteiger partial charge in [0.05, 0.1) is 0 Å². The molecular formula is C17H28N2O. The van der Waals surface area contributed by atoms with Gasteiger partial charge in [-0.3, -0.25) is 4.90 Å². The van der Waals surface area contributed by atoms with Crippen LogP contribution in [0.25, 0.3) is 0 Å². The number of likely N-dealkylation sites (tertiary alicyclic amines) is 1. The lowest BCUT2D eigenvalue weighted by Crippen LogP contribution is -2.33. The number of ether oxygens (including phenoxy) is 1. The summed E-state index contributed by atoms with van der Waals surface area (Å²) in [5, 5.41) is 0. The van der Waals surface area contributed by atoms with Crippen molar-refractivity contribution in [2.75, 3.05) is 32.8 Å². The Hall–Kier alpha value is -1.06. The molecular weight excluding hydrogens is 248 g/mol. The van der Waals surface area contributed by atoms with E-state index in [4.69, 9.17) is 10.5 Å². The van der Waals surface area contributed by atoms with Crippen molar-refractivity contribution in [2.45, 2.75) is 39.5 Å². The van der Waals surface area contributed by atoms with Crippen LogP contribution in [0.5, 0.6) is 5.75 Å². The highest BCUT2D eigenvalue weighted by Gasteiger charge is 2.11. The molecule has 1 saturated heterocycles. The second kappa shape index (κ2) is 7.65. The fourth-order valence-corrected chi connectivity index (χ4v) is 3.04. The van der Waals surface area contributed by atoms with Crippen molar-refractivity contribution in [2.24, 2.45) is 5.73 Å². The third-order valence-corrected chi connectivity index (χ3v) is 4.06. The van der Waals surface area contributed by atoms with Gasteiger partial charge < -0.3 is 10.5 Å². The van der Waals surface area contributed by atoms with Crippen molar-refractivity contribution in [3.05, 3.63) is 28.8 Å². The van der Waals surface area contributed by atoms with Crippen LogP contribution in [0.4, 0.5) is 0 Å². The molecule has 0 saturated carbocycles. The van der Waals surface area contributed by atoms with E-state index >= 15 is 0 Å². The maximum absolute atomic E-state index is 6.03. The van der Waals surface area contributed by atoms with Crippen molar-refractivity contribution >= 4 is 0 Å². The third kappa shape index (κ3) is 4.22. The topological polar surface area (TPSA) is 38.5 Å². The van der Waals surface area contributed by atoms with Gasteiger partial charge in [-0.05, 0) is 69.4 Å². The Morgan fingerprint density at radius 1 is 1.10 bits per heavy atom. The van der Waals surface area contributed by atoms with Gasteiger partial charge in [-0.25, -0.2) is 0 Å². The van der Waals surface area contributed by atoms with Crippen LogP contribution in [0.3, 0.4) is 0 Å². The zero-order valence-corrected chi connectivity index (χ0v) is 13.0. The molecule has 20 heavy (non-hydrogen) atoms. The first-order valence-electron chi connectivity index (χ1n) is 7.86. The maximum Gasteiger partial charge on any atom is 0.125 e. The second-order valence-electron chi connectivity index (χ2n) is 5.85. The Morgan fingerprint density at radius 3 is 2.35 bits per heavy atom. The lowest BCUT2D eigenvalue weighted by Gasteiger charge is -2.26. The van der Waals surface area contributed by atoms with Crippen LogP contribution in [0.2, 0.25) is 0 Å². The maximum atomic E-state index is 6.03. The minimum atomic E-state index is 0.702. The van der Waals surface area contributed by atoms with E-state index in [0.29, 0.717) is 6.54 Å². The lowest BCUT2D eigenvalue weighted by atomic mass is 10.0. The van der Waals surface area contributed by atoms with Crippen molar-refractivity contribution in [1.29, 1.82) is 0 Å². The Kier molecular flexibility index (Phi) is 5.86. The molecule has 1 aliphatic heterocycles. The van der Waals surface area contributed by atoms with Gasteiger partial charge >= 0.3 is 0 Å². The molecule has 2 N–H and O–H groups in total. The molecule has 3 heteroatoms. The summed E-state index contributed by atoms with van der Waals surface area (Å²) >= 11 is 0. The molecule has 0 bridgehead atoms. The molecule has 0 unspecified atom stereocenters. The first-order valence-corrected chi connectivity index (χ1v) is 7.86. The minimum absolute atomic E-state index is 0.702. The number of piperidine rings is 1. The van der Waals surface area contributed by atoms with E-state index < -0.39 is 0 Å². The monoisotopic (exact) mass is 276 g/mol. The average Bonchev–Trinajstić information content (AvgIpc) is 2.43. The third-order valence-electron chi connectivity index (χ3n) is 4.06. The number of nitrogens with zero attached hydrogens (tertiary/aromatic N) is 1. The molecule has 0 atom stereocenters. The first kappa shape index (κ1) is 15.3. The summed E-state index contributed by atoms with van der Waals surface area (Å²) in [6, 6.07) is 4.41. The molecule has 1 aliphatic rings. The largest absolute Gasteiger partial charge is 0.492 e. The van der Waals surface area contributed by atoms with Crippen LogP contribution in [0.15, 0.2) is 12.1 Å². The summed E-state index contributed by atoms with van der Waals surface area (Å²) in [6.45, 7) is 9.26. The molecule has 1 fully saturated rings. The number of nitrogens with two attached hydrogens (primary N) is 1. The molecule has 1 aromatic carbocycles. The molecule has 1 aromatic rings. The van der Waals surface area contributed by atoms with Gasteiger partial charge in [-0.2, -0.15) is 0 Å². The highest BCUT2D eigenvalue weighted by atomic mass is 16.5. The van der Waals surface area contributed by atoms with Gasteiger partial charge in [-0.15, -0.1) is 0 Å². The molecule has 3 nitrogen and oxygen atoms in total. The van der Waals surface area contributed by atoms with Gasteiger partial charge in [0, 0.05) is 6.54 Å². The summed E-state index contributed by atoms with van der Waals surface area (Å²) in [7, 11) is 0. The van der Waals surface area contributed by atoms with Gasteiger partial charge in [0.2, 0.25) is 0 Å². The van der Waals surface area contributed by atoms with E-state index in [1.807, 2.05) is 0 Å². The van der Waals surface area contributed by atoms with Crippen molar-refractivity contribution in [3.8, 4) is 5.75 Å². The number of benzene rings is 1. The first-order chi connectivity index (χ1) is 9.70. The summed E-state index contributed by atoms with van der Waals surface area (Å²) in [5.41, 5.74) is 9.39. The van der Waals surface area contributed by atoms with E-state index in [1.165, 1.54) is 49.0 Å². The molecule has 0 radical (unpaired) electrons. The van der Waals surface area contributed by atoms with Crippen LogP contribution in [0, 0.1) is 13.8 Å². The SMILES string of the molecule is Cc1cc(CCN)cc(C)c1OCCN1CCCCC1. The molecule has 2 rings (SSSR count). The van der Waals surface area contributed by atoms with Crippen LogP contribution in [0.1, 0.15) is 36.0 Å². The molecule has 0 aromatic heterocycles. The Labute approximate surface area is 123 Å². The van der Waals surface area contributed by atoms with Crippen molar-refractivity contribution in [1.82, 2.24) is 4.90 Å². The molecule has 0 amide bonds. The van der Waals surface area contributed by atoms with Crippen LogP contribution >= 0.6 is 0 Å². The zero-order chi connectivity index (χ0) is 14.4. The zero-order valence-electron chi connectivity index (χ0n) is 13.0. The average molecular weight is 276 g/mol. The normalized spacial score (nSPS) is 16.4. The molecule has 1 heterocycles. The van der Waals surface area contributed by atoms with E-state index in [9.17, 15) is 0 Å². The van der Waals surface area contributed by atoms with Crippen LogP contribution in [-0.4, -0.2) is 37.7 Å². The summed E-state index contributed by atoms with van der Waals surface area (Å²) in [6.07, 6.45) is 5.01. The second-order valence-corrected chi connectivity index (χ2v) is 5.85. The number of aryl methyl sites for hydroxylation is 2. The Balaban J connectivity index is 1.88. The van der Waals surface area contributed by atoms with Crippen molar-refractivity contribution in [3.63, 3.8) is 0 Å². The lowest BCUT2D eigenvalue weighted by molar-refractivity contribution is 0.182. The molecule has 0 spiro atoms. The smallest absolute Gasteiger partial charge is 0.125 e. The summed E-state index contributed by atoms with van der Waals surface area (Å²) < 4.78 is 6.03. The van der Waals surface area contributed by atoms with Gasteiger partial charge in [0.25, 0.3) is 0 Å². The van der Waals surface area contributed by atoms with Gasteiger partial charge in [0.1, 0.15) is 12.4 Å². The van der Waals surface area contributed by atoms with E-state index in [0.717, 1.165) is 25.3 Å². The fraction of sp³-hybridized carbons (Fsp3) is 0.647. The number of hydrogen-bond donors (Lipinski definition) is 1. The van der Waals surface area contributed by atoms with Gasteiger partial charge in [-0.1, -0.05) is 18.6 Å². The summed E-state index contributed by atoms with van der Waals surface area (Å²) in [5.74, 6) is 1.06. The predicted molar refractivity (Wildman–Crippen MR) is 84.5 cm³/mol. The Morgan fingerprint density at radius 2 is 1.75 bits per heavy atom. The fourth-order valence-electron chi connectivity index (χ4n) is 3.04. The highest BCUT2D eigenvalue weighted by Crippen LogP contribution is 2.25. The van der Waals surface area contributed by atoms with E-state index in [-0.39, 0.29) is 0 Å². The highest BCUT2D eigenvalue weighted by molar-refractivity contribution is 5.43. The number of hydrogen-bond acceptors (Lipinski definition) is 3. The standard InChI is InChI=1S/C17H28N2O/c1-14-12-16(6-7-18)13-15(2)17(14)20-11-10-19-8-4-3-5-9-19/h12-13H,3-11,18H2,1-2H3. The van der Waals surface area contributed by atoms with E-state index in [2.05, 4.69) is 30.9 Å². The van der Waals surface area contributed by atoms with Gasteiger partial charge in [0.15, 0.2) is 0 Å². The number of rotatable bonds is 6.